The quantitative estimate of drug-likeness (QED) is 0.0687. The molecule has 2 amide bonds. The number of amides is 2. The Labute approximate surface area is 387 Å². The molecule has 0 radical (unpaired) electrons. The Morgan fingerprint density at radius 1 is 0.697 bits per heavy atom. The van der Waals surface area contributed by atoms with E-state index in [-0.39, 0.29) is 53.8 Å². The predicted octanol–water partition coefficient (Wildman–Crippen LogP) is 5.70. The van der Waals surface area contributed by atoms with Crippen molar-refractivity contribution < 1.29 is 75.6 Å². The largest absolute Gasteiger partial charge is 0.479 e. The number of alkyl carbamates (subject to hydrolysis) is 1. The van der Waals surface area contributed by atoms with Crippen LogP contribution < -0.4 is 29.6 Å². The van der Waals surface area contributed by atoms with Crippen LogP contribution in [0.15, 0.2) is 28.7 Å². The summed E-state index contributed by atoms with van der Waals surface area (Å²) in [6, 6.07) is 7.31. The maximum atomic E-state index is 13.2. The molecule has 4 rings (SSSR count). The minimum absolute atomic E-state index is 0.00829. The Kier molecular flexibility index (Phi) is 23.7. The molecule has 2 aromatic heterocycles. The number of furan rings is 1. The molecule has 1 aromatic carbocycles. The van der Waals surface area contributed by atoms with E-state index in [0.29, 0.717) is 111 Å². The van der Waals surface area contributed by atoms with Crippen LogP contribution in [-0.2, 0) is 54.5 Å². The minimum atomic E-state index is -0.581. The van der Waals surface area contributed by atoms with Gasteiger partial charge in [0.25, 0.3) is 11.9 Å². The van der Waals surface area contributed by atoms with Crippen molar-refractivity contribution >= 4 is 17.7 Å². The fourth-order valence-electron chi connectivity index (χ4n) is 6.30. The van der Waals surface area contributed by atoms with Gasteiger partial charge < -0.3 is 76.6 Å². The number of anilines is 1. The van der Waals surface area contributed by atoms with Gasteiger partial charge in [0.1, 0.15) is 18.0 Å². The van der Waals surface area contributed by atoms with E-state index in [1.54, 1.807) is 6.07 Å². The molecule has 2 heterocycles. The summed E-state index contributed by atoms with van der Waals surface area (Å²) >= 11 is 0. The standard InChI is InChI=1S/C46H70N4O16/c1-33-31-34-11-12-46(5,6)35(34)32-37(33)65-38-10-9-36(64-38)40(51)48-39-41(53-7)49-43(50-42(39)54-8)63-30-29-62-28-27-61-26-25-60-24-23-59-22-21-58-20-19-57-18-17-56-16-15-55-14-13-47-44(52)66-45(2,3)4/h9-10,31-32H,11-30H2,1-8H3,(H,47,52)(H,48,51). The average Bonchev–Trinajstić information content (AvgIpc) is 3.87. The van der Waals surface area contributed by atoms with Gasteiger partial charge in [-0.1, -0.05) is 19.9 Å². The normalized spacial score (nSPS) is 13.0. The lowest BCUT2D eigenvalue weighted by Gasteiger charge is -2.20. The molecule has 66 heavy (non-hydrogen) atoms. The number of aryl methyl sites for hydroxylation is 2. The van der Waals surface area contributed by atoms with Crippen molar-refractivity contribution in [2.24, 2.45) is 0 Å². The second-order valence-corrected chi connectivity index (χ2v) is 16.4. The molecule has 2 N–H and O–H groups in total. The minimum Gasteiger partial charge on any atom is -0.479 e. The molecule has 1 aliphatic rings. The number of fused-ring (bicyclic) bond motifs is 1. The van der Waals surface area contributed by atoms with Crippen LogP contribution in [0.1, 0.15) is 68.3 Å². The van der Waals surface area contributed by atoms with Gasteiger partial charge in [-0.2, -0.15) is 9.97 Å². The van der Waals surface area contributed by atoms with Gasteiger partial charge in [-0.05, 0) is 74.8 Å². The monoisotopic (exact) mass is 934 g/mol. The van der Waals surface area contributed by atoms with Gasteiger partial charge in [0.2, 0.25) is 11.8 Å². The summed E-state index contributed by atoms with van der Waals surface area (Å²) in [6.07, 6.45) is 1.66. The Morgan fingerprint density at radius 3 is 1.67 bits per heavy atom. The van der Waals surface area contributed by atoms with Gasteiger partial charge in [0.15, 0.2) is 11.4 Å². The summed E-state index contributed by atoms with van der Waals surface area (Å²) in [4.78, 5) is 33.3. The van der Waals surface area contributed by atoms with E-state index in [0.717, 1.165) is 18.4 Å². The summed E-state index contributed by atoms with van der Waals surface area (Å²) in [6.45, 7) is 19.0. The number of carbonyl (C=O) groups excluding carboxylic acids is 2. The lowest BCUT2D eigenvalue weighted by atomic mass is 9.86. The molecule has 20 nitrogen and oxygen atoms in total. The SMILES string of the molecule is COc1nc(OCCOCCOCCOCCOCCOCCOCCOCCOCCNC(=O)OC(C)(C)C)nc(OC)c1NC(=O)c1ccc(Oc2cc3c(cc2C)CCC3(C)C)o1. The molecular formula is C46H70N4O16. The van der Waals surface area contributed by atoms with Crippen LogP contribution in [-0.4, -0.2) is 161 Å². The van der Waals surface area contributed by atoms with Crippen molar-refractivity contribution in [1.82, 2.24) is 15.3 Å². The third-order valence-electron chi connectivity index (χ3n) is 9.59. The zero-order valence-electron chi connectivity index (χ0n) is 39.9. The molecule has 20 heteroatoms. The third kappa shape index (κ3) is 20.0. The number of hydrogen-bond donors (Lipinski definition) is 2. The van der Waals surface area contributed by atoms with Crippen molar-refractivity contribution in [3.63, 3.8) is 0 Å². The van der Waals surface area contributed by atoms with Crippen LogP contribution in [0.3, 0.4) is 0 Å². The third-order valence-corrected chi connectivity index (χ3v) is 9.59. The molecule has 0 aliphatic heterocycles. The van der Waals surface area contributed by atoms with Crippen LogP contribution in [0.5, 0.6) is 29.5 Å². The smallest absolute Gasteiger partial charge is 0.407 e. The average molecular weight is 935 g/mol. The summed E-state index contributed by atoms with van der Waals surface area (Å²) in [5.74, 6) is 0.349. The highest BCUT2D eigenvalue weighted by molar-refractivity contribution is 6.03. The Hall–Kier alpha value is -4.80. The molecule has 0 bridgehead atoms. The van der Waals surface area contributed by atoms with Crippen LogP contribution in [0, 0.1) is 6.92 Å². The Balaban J connectivity index is 0.945. The summed E-state index contributed by atoms with van der Waals surface area (Å²) in [5.41, 5.74) is 3.23. The maximum absolute atomic E-state index is 13.2. The number of methoxy groups -OCH3 is 2. The first-order valence-corrected chi connectivity index (χ1v) is 22.2. The lowest BCUT2D eigenvalue weighted by Crippen LogP contribution is -2.34. The number of ether oxygens (including phenoxy) is 13. The number of carbonyl (C=O) groups is 2. The van der Waals surface area contributed by atoms with E-state index < -0.39 is 17.6 Å². The van der Waals surface area contributed by atoms with E-state index in [2.05, 4.69) is 46.6 Å². The molecule has 0 unspecified atom stereocenters. The highest BCUT2D eigenvalue weighted by atomic mass is 16.6. The molecule has 1 aliphatic carbocycles. The van der Waals surface area contributed by atoms with Crippen molar-refractivity contribution in [2.75, 3.05) is 138 Å². The van der Waals surface area contributed by atoms with Crippen LogP contribution in [0.4, 0.5) is 10.5 Å². The van der Waals surface area contributed by atoms with Crippen LogP contribution in [0.25, 0.3) is 0 Å². The van der Waals surface area contributed by atoms with E-state index in [1.807, 2.05) is 27.7 Å². The Morgan fingerprint density at radius 2 is 1.18 bits per heavy atom. The lowest BCUT2D eigenvalue weighted by molar-refractivity contribution is -0.0236. The number of benzene rings is 1. The first-order valence-electron chi connectivity index (χ1n) is 22.2. The summed E-state index contributed by atoms with van der Waals surface area (Å²) < 4.78 is 77.5. The van der Waals surface area contributed by atoms with Crippen molar-refractivity contribution in [3.8, 4) is 29.5 Å². The topological polar surface area (TPSA) is 217 Å². The summed E-state index contributed by atoms with van der Waals surface area (Å²) in [7, 11) is 2.81. The highest BCUT2D eigenvalue weighted by Crippen LogP contribution is 2.42. The van der Waals surface area contributed by atoms with Crippen LogP contribution in [0.2, 0.25) is 0 Å². The molecule has 370 valence electrons. The molecule has 0 saturated heterocycles. The van der Waals surface area contributed by atoms with E-state index >= 15 is 0 Å². The molecular weight excluding hydrogens is 865 g/mol. The van der Waals surface area contributed by atoms with Gasteiger partial charge in [-0.15, -0.1) is 0 Å². The number of hydrogen-bond acceptors (Lipinski definition) is 18. The fourth-order valence-corrected chi connectivity index (χ4v) is 6.30. The predicted molar refractivity (Wildman–Crippen MR) is 241 cm³/mol. The van der Waals surface area contributed by atoms with Crippen molar-refractivity contribution in [1.29, 1.82) is 0 Å². The molecule has 0 saturated carbocycles. The van der Waals surface area contributed by atoms with Crippen molar-refractivity contribution in [3.05, 3.63) is 46.7 Å². The number of rotatable bonds is 34. The van der Waals surface area contributed by atoms with E-state index in [4.69, 9.17) is 66.0 Å². The number of nitrogens with zero attached hydrogens (tertiary/aromatic N) is 2. The van der Waals surface area contributed by atoms with Crippen molar-refractivity contribution in [2.45, 2.75) is 65.4 Å². The maximum Gasteiger partial charge on any atom is 0.407 e. The van der Waals surface area contributed by atoms with Crippen LogP contribution >= 0.6 is 0 Å². The van der Waals surface area contributed by atoms with Gasteiger partial charge in [0.05, 0.1) is 120 Å². The van der Waals surface area contributed by atoms with Gasteiger partial charge in [-0.25, -0.2) is 4.79 Å². The summed E-state index contributed by atoms with van der Waals surface area (Å²) in [5, 5.41) is 5.34. The van der Waals surface area contributed by atoms with Gasteiger partial charge >= 0.3 is 12.1 Å². The zero-order valence-corrected chi connectivity index (χ0v) is 39.9. The highest BCUT2D eigenvalue weighted by Gasteiger charge is 2.31. The second kappa shape index (κ2) is 29.1. The second-order valence-electron chi connectivity index (χ2n) is 16.4. The molecule has 0 spiro atoms. The molecule has 0 fully saturated rings. The fraction of sp³-hybridized carbons (Fsp3) is 0.652. The Bertz CT molecular complexity index is 1860. The van der Waals surface area contributed by atoms with E-state index in [9.17, 15) is 9.59 Å². The van der Waals surface area contributed by atoms with Gasteiger partial charge in [0, 0.05) is 12.6 Å². The van der Waals surface area contributed by atoms with Gasteiger partial charge in [-0.3, -0.25) is 4.79 Å². The molecule has 0 atom stereocenters. The first kappa shape index (κ1) is 53.8. The zero-order chi connectivity index (χ0) is 47.6. The van der Waals surface area contributed by atoms with E-state index in [1.165, 1.54) is 31.4 Å². The molecule has 3 aromatic rings. The first-order chi connectivity index (χ1) is 31.8. The number of aromatic nitrogens is 2. The number of nitrogens with one attached hydrogen (secondary N) is 2.